The van der Waals surface area contributed by atoms with Gasteiger partial charge in [-0.2, -0.15) is 0 Å². The monoisotopic (exact) mass is 311 g/mol. The van der Waals surface area contributed by atoms with E-state index in [1.165, 1.54) is 25.6 Å². The summed E-state index contributed by atoms with van der Waals surface area (Å²) in [5, 5.41) is 11.4. The summed E-state index contributed by atoms with van der Waals surface area (Å²) in [7, 11) is 4.55. The van der Waals surface area contributed by atoms with E-state index in [1.807, 2.05) is 0 Å². The molecule has 0 aromatic heterocycles. The minimum atomic E-state index is -2.26. The van der Waals surface area contributed by atoms with E-state index in [0.29, 0.717) is 0 Å². The number of hydrogen-bond acceptors (Lipinski definition) is 7. The predicted molar refractivity (Wildman–Crippen MR) is 65.5 cm³/mol. The van der Waals surface area contributed by atoms with Gasteiger partial charge in [0.05, 0.1) is 5.75 Å². The number of nitrogens with one attached hydrogen (secondary N) is 1. The Labute approximate surface area is 132 Å². The van der Waals surface area contributed by atoms with Crippen LogP contribution in [0.1, 0.15) is 6.92 Å². The van der Waals surface area contributed by atoms with Crippen LogP contribution in [0.5, 0.6) is 0 Å². The fourth-order valence-electron chi connectivity index (χ4n) is 0.390. The van der Waals surface area contributed by atoms with E-state index in [9.17, 15) is 4.79 Å². The Morgan fingerprint density at radius 3 is 2.00 bits per heavy atom. The van der Waals surface area contributed by atoms with E-state index >= 15 is 0 Å². The van der Waals surface area contributed by atoms with Crippen LogP contribution in [-0.2, 0) is 30.4 Å². The van der Waals surface area contributed by atoms with E-state index < -0.39 is 11.7 Å². The van der Waals surface area contributed by atoms with Gasteiger partial charge in [-0.3, -0.25) is 4.79 Å². The molecule has 1 N–H and O–H groups in total. The van der Waals surface area contributed by atoms with Crippen molar-refractivity contribution in [3.05, 3.63) is 0 Å². The van der Waals surface area contributed by atoms with Gasteiger partial charge >= 0.3 is 29.6 Å². The van der Waals surface area contributed by atoms with E-state index in [0.717, 1.165) is 6.92 Å². The van der Waals surface area contributed by atoms with Gasteiger partial charge in [-0.1, -0.05) is 11.4 Å². The van der Waals surface area contributed by atoms with Gasteiger partial charge in [0.15, 0.2) is 0 Å². The number of carbonyl (C=O) groups excluding carboxylic acids is 2. The molecule has 0 aliphatic heterocycles. The van der Waals surface area contributed by atoms with Crippen LogP contribution in [0.4, 0.5) is 0 Å². The average molecular weight is 311 g/mol. The quantitative estimate of drug-likeness (QED) is 0.421. The molecule has 1 amide bonds. The van der Waals surface area contributed by atoms with Crippen molar-refractivity contribution in [2.75, 3.05) is 27.0 Å². The summed E-state index contributed by atoms with van der Waals surface area (Å²) in [5.41, 5.74) is -2.26. The van der Waals surface area contributed by atoms with Crippen LogP contribution in [0.2, 0.25) is 0 Å². The smallest absolute Gasteiger partial charge is 0.550 e. The van der Waals surface area contributed by atoms with E-state index in [2.05, 4.69) is 5.32 Å². The molecule has 0 unspecified atom stereocenters. The van der Waals surface area contributed by atoms with Crippen LogP contribution in [0.3, 0.4) is 0 Å². The number of amides is 1. The Morgan fingerprint density at radius 2 is 1.76 bits per heavy atom. The van der Waals surface area contributed by atoms with Crippen molar-refractivity contribution in [1.82, 2.24) is 5.32 Å². The van der Waals surface area contributed by atoms with Crippen LogP contribution in [0.15, 0.2) is 0 Å². The molecule has 0 aliphatic rings. The molecule has 0 aromatic carbocycles. The van der Waals surface area contributed by atoms with E-state index in [4.69, 9.17) is 30.8 Å². The molecule has 0 spiro atoms. The normalized spacial score (nSPS) is 9.41. The fraction of sp³-hybridized carbons (Fsp3) is 0.714. The molecule has 0 saturated carbocycles. The topological polar surface area (TPSA) is 87.7 Å². The minimum absolute atomic E-state index is 0. The van der Waals surface area contributed by atoms with Crippen LogP contribution in [0.25, 0.3) is 0 Å². The van der Waals surface area contributed by atoms with Gasteiger partial charge in [0, 0.05) is 27.2 Å². The number of hydrogen-bond donors (Lipinski definition) is 1. The minimum Gasteiger partial charge on any atom is -0.550 e. The molecule has 0 saturated heterocycles. The SMILES string of the molecule is CC(=O)[O-].CNC(=O)CSP(=S)(OC)OC.[Na+]. The van der Waals surface area contributed by atoms with Gasteiger partial charge in [0.25, 0.3) is 0 Å². The van der Waals surface area contributed by atoms with Gasteiger partial charge in [-0.05, 0) is 18.7 Å². The largest absolute Gasteiger partial charge is 1.00 e. The number of carbonyl (C=O) groups is 2. The molecule has 0 rings (SSSR count). The molecule has 0 aliphatic carbocycles. The molecule has 0 radical (unpaired) electrons. The van der Waals surface area contributed by atoms with Crippen molar-refractivity contribution in [2.45, 2.75) is 6.92 Å². The first-order valence-corrected chi connectivity index (χ1v) is 8.28. The second-order valence-corrected chi connectivity index (χ2v) is 8.77. The third-order valence-electron chi connectivity index (χ3n) is 1.08. The molecule has 0 bridgehead atoms. The number of carboxylic acids is 1. The Morgan fingerprint density at radius 1 is 1.41 bits per heavy atom. The standard InChI is InChI=1S/C5H12NO3PS2.C2H4O2.Na/c1-6-5(7)4-12-10(11,8-2)9-3;1-2(3)4;/h4H2,1-3H3,(H,6,7);1H3,(H,3,4);/q;;+1/p-1. The van der Waals surface area contributed by atoms with Crippen molar-refractivity contribution < 1.29 is 53.3 Å². The van der Waals surface area contributed by atoms with Crippen molar-refractivity contribution in [1.29, 1.82) is 0 Å². The summed E-state index contributed by atoms with van der Waals surface area (Å²) in [4.78, 5) is 19.7. The van der Waals surface area contributed by atoms with Crippen molar-refractivity contribution in [2.24, 2.45) is 0 Å². The van der Waals surface area contributed by atoms with Gasteiger partial charge in [0.1, 0.15) is 0 Å². The third-order valence-corrected chi connectivity index (χ3v) is 6.76. The summed E-state index contributed by atoms with van der Waals surface area (Å²) in [6.45, 7) is 0.972. The second kappa shape index (κ2) is 13.3. The van der Waals surface area contributed by atoms with E-state index in [-0.39, 0.29) is 41.2 Å². The molecule has 0 heterocycles. The van der Waals surface area contributed by atoms with Gasteiger partial charge in [-0.25, -0.2) is 0 Å². The summed E-state index contributed by atoms with van der Waals surface area (Å²) >= 11 is 6.25. The van der Waals surface area contributed by atoms with Crippen molar-refractivity contribution >= 4 is 40.8 Å². The zero-order valence-corrected chi connectivity index (χ0v) is 15.0. The Balaban J connectivity index is -0.000000340. The van der Waals surface area contributed by atoms with Gasteiger partial charge in [-0.15, -0.1) is 0 Å². The molecule has 17 heavy (non-hydrogen) atoms. The van der Waals surface area contributed by atoms with Crippen LogP contribution in [0, 0.1) is 0 Å². The summed E-state index contributed by atoms with van der Waals surface area (Å²) < 4.78 is 9.94. The molecule has 0 aromatic rings. The van der Waals surface area contributed by atoms with E-state index in [1.54, 1.807) is 7.05 Å². The molecule has 6 nitrogen and oxygen atoms in total. The first kappa shape index (κ1) is 23.0. The first-order valence-electron chi connectivity index (χ1n) is 4.05. The van der Waals surface area contributed by atoms with Crippen molar-refractivity contribution in [3.63, 3.8) is 0 Å². The van der Waals surface area contributed by atoms with Crippen LogP contribution < -0.4 is 40.0 Å². The summed E-state index contributed by atoms with van der Waals surface area (Å²) in [6, 6.07) is 0. The maximum absolute atomic E-state index is 10.8. The summed E-state index contributed by atoms with van der Waals surface area (Å²) in [5.74, 6) is -0.890. The molecule has 10 heteroatoms. The molecular formula is C7H15NNaO5PS2. The molecular weight excluding hydrogens is 296 g/mol. The maximum atomic E-state index is 10.8. The molecule has 0 atom stereocenters. The Bertz CT molecular complexity index is 267. The zero-order valence-electron chi connectivity index (χ0n) is 10.5. The maximum Gasteiger partial charge on any atom is 1.00 e. The first-order chi connectivity index (χ1) is 7.31. The summed E-state index contributed by atoms with van der Waals surface area (Å²) in [6.07, 6.45) is 0. The number of aliphatic carboxylic acids is 1. The molecule has 0 fully saturated rings. The molecule has 96 valence electrons. The van der Waals surface area contributed by atoms with Gasteiger partial charge in [0.2, 0.25) is 11.6 Å². The van der Waals surface area contributed by atoms with Crippen LogP contribution >= 0.6 is 17.1 Å². The third kappa shape index (κ3) is 16.9. The van der Waals surface area contributed by atoms with Crippen LogP contribution in [-0.4, -0.2) is 38.9 Å². The van der Waals surface area contributed by atoms with Gasteiger partial charge < -0.3 is 24.3 Å². The Kier molecular flexibility index (Phi) is 18.0. The second-order valence-electron chi connectivity index (χ2n) is 2.25. The zero-order chi connectivity index (χ0) is 13.2. The fourth-order valence-corrected chi connectivity index (χ4v) is 3.10. The number of carboxylic acid groups (broad SMARTS) is 1. The average Bonchev–Trinajstić information content (AvgIpc) is 2.24. The predicted octanol–water partition coefficient (Wildman–Crippen LogP) is -3.26. The van der Waals surface area contributed by atoms with Crippen molar-refractivity contribution in [3.8, 4) is 0 Å². The Hall–Kier alpha value is 0.860. The number of rotatable bonds is 5.